The first-order valence-corrected chi connectivity index (χ1v) is 8.90. The molecule has 0 atom stereocenters. The number of ether oxygens (including phenoxy) is 1. The minimum absolute atomic E-state index is 0.122. The first kappa shape index (κ1) is 19.2. The van der Waals surface area contributed by atoms with Crippen LogP contribution in [0.3, 0.4) is 0 Å². The molecule has 1 saturated heterocycles. The zero-order chi connectivity index (χ0) is 20.6. The van der Waals surface area contributed by atoms with Gasteiger partial charge in [-0.3, -0.25) is 4.98 Å². The van der Waals surface area contributed by atoms with Crippen molar-refractivity contribution < 1.29 is 26.7 Å². The van der Waals surface area contributed by atoms with Crippen molar-refractivity contribution in [2.75, 3.05) is 36.0 Å². The standard InChI is InChI=1S/C20H16F5N3O/c21-13-10-14(22)12-15(11-13)27-6-8-28(9-7-27)17-4-5-26-19-16(17)2-1-3-18(19)29-20(23,24)25/h1-5,10-12H,6-9H2. The largest absolute Gasteiger partial charge is 0.573 e. The number of hydrogen-bond acceptors (Lipinski definition) is 4. The Bertz CT molecular complexity index is 1010. The van der Waals surface area contributed by atoms with E-state index in [1.54, 1.807) is 12.1 Å². The average Bonchev–Trinajstić information content (AvgIpc) is 2.66. The van der Waals surface area contributed by atoms with Crippen LogP contribution >= 0.6 is 0 Å². The molecular formula is C20H16F5N3O. The molecule has 0 saturated carbocycles. The number of nitrogens with zero attached hydrogens (tertiary/aromatic N) is 3. The number of fused-ring (bicyclic) bond motifs is 1. The fourth-order valence-electron chi connectivity index (χ4n) is 3.54. The van der Waals surface area contributed by atoms with Crippen molar-refractivity contribution in [3.63, 3.8) is 0 Å². The smallest absolute Gasteiger partial charge is 0.403 e. The van der Waals surface area contributed by atoms with E-state index in [9.17, 15) is 22.0 Å². The fraction of sp³-hybridized carbons (Fsp3) is 0.250. The highest BCUT2D eigenvalue weighted by atomic mass is 19.4. The Balaban J connectivity index is 1.58. The second kappa shape index (κ2) is 7.38. The minimum atomic E-state index is -4.81. The fourth-order valence-corrected chi connectivity index (χ4v) is 3.54. The van der Waals surface area contributed by atoms with Crippen molar-refractivity contribution in [2.45, 2.75) is 6.36 Å². The first-order valence-electron chi connectivity index (χ1n) is 8.90. The molecule has 3 aromatic rings. The summed E-state index contributed by atoms with van der Waals surface area (Å²) in [6.07, 6.45) is -3.37. The van der Waals surface area contributed by atoms with Crippen LogP contribution in [0.1, 0.15) is 0 Å². The SMILES string of the molecule is Fc1cc(F)cc(N2CCN(c3ccnc4c(OC(F)(F)F)cccc34)CC2)c1. The molecule has 4 nitrogen and oxygen atoms in total. The summed E-state index contributed by atoms with van der Waals surface area (Å²) >= 11 is 0. The van der Waals surface area contributed by atoms with Gasteiger partial charge in [0.25, 0.3) is 0 Å². The van der Waals surface area contributed by atoms with E-state index in [0.717, 1.165) is 11.8 Å². The Kier molecular flexibility index (Phi) is 4.89. The van der Waals surface area contributed by atoms with E-state index in [0.29, 0.717) is 37.3 Å². The second-order valence-electron chi connectivity index (χ2n) is 6.63. The van der Waals surface area contributed by atoms with Gasteiger partial charge in [-0.15, -0.1) is 13.2 Å². The van der Waals surface area contributed by atoms with Gasteiger partial charge in [0.05, 0.1) is 0 Å². The van der Waals surface area contributed by atoms with Gasteiger partial charge in [-0.05, 0) is 24.3 Å². The highest BCUT2D eigenvalue weighted by molar-refractivity contribution is 5.95. The molecule has 0 aliphatic carbocycles. The highest BCUT2D eigenvalue weighted by Crippen LogP contribution is 2.34. The summed E-state index contributed by atoms with van der Waals surface area (Å²) in [4.78, 5) is 7.93. The third-order valence-corrected chi connectivity index (χ3v) is 4.77. The molecule has 1 fully saturated rings. The van der Waals surface area contributed by atoms with Crippen LogP contribution in [-0.2, 0) is 0 Å². The Morgan fingerprint density at radius 1 is 0.862 bits per heavy atom. The van der Waals surface area contributed by atoms with Gasteiger partial charge in [-0.2, -0.15) is 0 Å². The van der Waals surface area contributed by atoms with Gasteiger partial charge in [-0.25, -0.2) is 8.78 Å². The zero-order valence-corrected chi connectivity index (χ0v) is 15.1. The van der Waals surface area contributed by atoms with Gasteiger partial charge in [-0.1, -0.05) is 12.1 Å². The molecule has 29 heavy (non-hydrogen) atoms. The van der Waals surface area contributed by atoms with Crippen LogP contribution < -0.4 is 14.5 Å². The van der Waals surface area contributed by atoms with Crippen molar-refractivity contribution in [3.8, 4) is 5.75 Å². The molecule has 4 rings (SSSR count). The molecule has 1 aliphatic heterocycles. The maximum Gasteiger partial charge on any atom is 0.573 e. The summed E-state index contributed by atoms with van der Waals surface area (Å²) in [5.74, 6) is -1.63. The van der Waals surface area contributed by atoms with Crippen LogP contribution in [-0.4, -0.2) is 37.5 Å². The van der Waals surface area contributed by atoms with E-state index in [-0.39, 0.29) is 11.3 Å². The van der Waals surface area contributed by atoms with E-state index >= 15 is 0 Å². The lowest BCUT2D eigenvalue weighted by molar-refractivity contribution is -0.274. The summed E-state index contributed by atoms with van der Waals surface area (Å²) in [6, 6.07) is 9.52. The normalized spacial score (nSPS) is 15.1. The molecule has 0 unspecified atom stereocenters. The number of pyridine rings is 1. The monoisotopic (exact) mass is 409 g/mol. The number of alkyl halides is 3. The molecule has 2 aromatic carbocycles. The van der Waals surface area contributed by atoms with Crippen molar-refractivity contribution >= 4 is 22.3 Å². The van der Waals surface area contributed by atoms with Gasteiger partial charge in [0, 0.05) is 55.2 Å². The number of halogens is 5. The zero-order valence-electron chi connectivity index (χ0n) is 15.1. The predicted octanol–water partition coefficient (Wildman–Crippen LogP) is 4.74. The van der Waals surface area contributed by atoms with Crippen LogP contribution in [0.5, 0.6) is 5.75 Å². The highest BCUT2D eigenvalue weighted by Gasteiger charge is 2.32. The Morgan fingerprint density at radius 2 is 1.52 bits per heavy atom. The van der Waals surface area contributed by atoms with E-state index in [2.05, 4.69) is 9.72 Å². The first-order chi connectivity index (χ1) is 13.8. The molecule has 9 heteroatoms. The summed E-state index contributed by atoms with van der Waals surface area (Å²) in [6.45, 7) is 2.07. The van der Waals surface area contributed by atoms with Crippen molar-refractivity contribution in [2.24, 2.45) is 0 Å². The van der Waals surface area contributed by atoms with E-state index in [4.69, 9.17) is 0 Å². The van der Waals surface area contributed by atoms with Crippen molar-refractivity contribution in [3.05, 3.63) is 60.3 Å². The average molecular weight is 409 g/mol. The molecular weight excluding hydrogens is 393 g/mol. The summed E-state index contributed by atoms with van der Waals surface area (Å²) in [5.41, 5.74) is 1.31. The van der Waals surface area contributed by atoms with E-state index in [1.165, 1.54) is 30.5 Å². The Hall–Kier alpha value is -3.10. The molecule has 1 aromatic heterocycles. The van der Waals surface area contributed by atoms with Crippen molar-refractivity contribution in [1.29, 1.82) is 0 Å². The predicted molar refractivity (Wildman–Crippen MR) is 99.2 cm³/mol. The molecule has 0 amide bonds. The van der Waals surface area contributed by atoms with E-state index < -0.39 is 18.0 Å². The van der Waals surface area contributed by atoms with Gasteiger partial charge in [0.2, 0.25) is 0 Å². The van der Waals surface area contributed by atoms with Crippen LogP contribution in [0, 0.1) is 11.6 Å². The molecule has 0 bridgehead atoms. The molecule has 1 aliphatic rings. The summed E-state index contributed by atoms with van der Waals surface area (Å²) in [5, 5.41) is 0.541. The molecule has 0 N–H and O–H groups in total. The Morgan fingerprint density at radius 3 is 2.17 bits per heavy atom. The third-order valence-electron chi connectivity index (χ3n) is 4.77. The molecule has 0 radical (unpaired) electrons. The van der Waals surface area contributed by atoms with Crippen LogP contribution in [0.25, 0.3) is 10.9 Å². The van der Waals surface area contributed by atoms with Gasteiger partial charge >= 0.3 is 6.36 Å². The van der Waals surface area contributed by atoms with Crippen LogP contribution in [0.2, 0.25) is 0 Å². The number of para-hydroxylation sites is 1. The number of aromatic nitrogens is 1. The van der Waals surface area contributed by atoms with E-state index in [1.807, 2.05) is 9.80 Å². The molecule has 2 heterocycles. The van der Waals surface area contributed by atoms with Gasteiger partial charge < -0.3 is 14.5 Å². The molecule has 152 valence electrons. The van der Waals surface area contributed by atoms with Crippen LogP contribution in [0.15, 0.2) is 48.7 Å². The lowest BCUT2D eigenvalue weighted by atomic mass is 10.1. The lowest BCUT2D eigenvalue weighted by Gasteiger charge is -2.37. The quantitative estimate of drug-likeness (QED) is 0.585. The number of anilines is 2. The third kappa shape index (κ3) is 4.18. The topological polar surface area (TPSA) is 28.6 Å². The number of rotatable bonds is 3. The Labute approximate surface area is 163 Å². The molecule has 0 spiro atoms. The maximum atomic E-state index is 13.5. The second-order valence-corrected chi connectivity index (χ2v) is 6.63. The van der Waals surface area contributed by atoms with Crippen molar-refractivity contribution in [1.82, 2.24) is 4.98 Å². The summed E-state index contributed by atoms with van der Waals surface area (Å²) in [7, 11) is 0. The number of piperazine rings is 1. The minimum Gasteiger partial charge on any atom is -0.403 e. The number of hydrogen-bond donors (Lipinski definition) is 0. The lowest BCUT2D eigenvalue weighted by Crippen LogP contribution is -2.46. The maximum absolute atomic E-state index is 13.5. The summed E-state index contributed by atoms with van der Waals surface area (Å²) < 4.78 is 69.0. The van der Waals surface area contributed by atoms with Gasteiger partial charge in [0.15, 0.2) is 5.75 Å². The number of benzene rings is 2. The van der Waals surface area contributed by atoms with Crippen LogP contribution in [0.4, 0.5) is 33.3 Å². The van der Waals surface area contributed by atoms with Gasteiger partial charge in [0.1, 0.15) is 17.2 Å².